The van der Waals surface area contributed by atoms with E-state index in [9.17, 15) is 14.4 Å². The summed E-state index contributed by atoms with van der Waals surface area (Å²) >= 11 is 0. The molecule has 30 heavy (non-hydrogen) atoms. The van der Waals surface area contributed by atoms with Crippen molar-refractivity contribution in [2.75, 3.05) is 6.54 Å². The van der Waals surface area contributed by atoms with E-state index >= 15 is 0 Å². The molecule has 6 nitrogen and oxygen atoms in total. The summed E-state index contributed by atoms with van der Waals surface area (Å²) in [5, 5.41) is 5.80. The van der Waals surface area contributed by atoms with Crippen LogP contribution in [0.4, 0.5) is 4.79 Å². The molecule has 2 aromatic rings. The number of nitrogens with one attached hydrogen (secondary N) is 2. The molecule has 0 unspecified atom stereocenters. The second kappa shape index (κ2) is 7.59. The number of aryl methyl sites for hydroxylation is 3. The first-order valence-electron chi connectivity index (χ1n) is 10.4. The first-order chi connectivity index (χ1) is 14.3. The van der Waals surface area contributed by atoms with Crippen LogP contribution in [0.2, 0.25) is 0 Å². The van der Waals surface area contributed by atoms with Crippen molar-refractivity contribution in [3.8, 4) is 0 Å². The first kappa shape index (κ1) is 20.1. The Bertz CT molecular complexity index is 1030. The third-order valence-electron chi connectivity index (χ3n) is 6.36. The summed E-state index contributed by atoms with van der Waals surface area (Å²) in [6.07, 6.45) is 2.24. The zero-order chi connectivity index (χ0) is 21.5. The summed E-state index contributed by atoms with van der Waals surface area (Å²) in [6, 6.07) is 13.0. The number of carbonyl (C=O) groups excluding carboxylic acids is 3. The second-order valence-electron chi connectivity index (χ2n) is 8.37. The summed E-state index contributed by atoms with van der Waals surface area (Å²) in [6.45, 7) is 5.68. The number of fused-ring (bicyclic) bond motifs is 2. The lowest BCUT2D eigenvalue weighted by atomic mass is 9.76. The zero-order valence-electron chi connectivity index (χ0n) is 17.6. The minimum atomic E-state index is -1.05. The topological polar surface area (TPSA) is 78.5 Å². The molecule has 2 atom stereocenters. The fraction of sp³-hybridized carbons (Fsp3) is 0.375. The average molecular weight is 405 g/mol. The van der Waals surface area contributed by atoms with Gasteiger partial charge in [0, 0.05) is 0 Å². The van der Waals surface area contributed by atoms with E-state index in [1.54, 1.807) is 0 Å². The van der Waals surface area contributed by atoms with Crippen molar-refractivity contribution >= 4 is 17.8 Å². The molecule has 1 fully saturated rings. The SMILES string of the molecule is Cc1ccc([C@H](C)NC(=O)CN2C(=O)N[C@]3(CCCc4ccccc43)C2=O)cc1C. The number of nitrogens with zero attached hydrogens (tertiary/aromatic N) is 1. The van der Waals surface area contributed by atoms with Gasteiger partial charge in [-0.2, -0.15) is 0 Å². The molecule has 1 heterocycles. The maximum Gasteiger partial charge on any atom is 0.325 e. The molecule has 0 bridgehead atoms. The van der Waals surface area contributed by atoms with Gasteiger partial charge in [0.25, 0.3) is 5.91 Å². The Labute approximate surface area is 176 Å². The molecular weight excluding hydrogens is 378 g/mol. The number of hydrogen-bond acceptors (Lipinski definition) is 3. The summed E-state index contributed by atoms with van der Waals surface area (Å²) in [5.41, 5.74) is 4.20. The maximum atomic E-state index is 13.3. The van der Waals surface area contributed by atoms with Crippen molar-refractivity contribution in [2.45, 2.75) is 51.6 Å². The van der Waals surface area contributed by atoms with Gasteiger partial charge in [0.05, 0.1) is 6.04 Å². The molecular formula is C24H27N3O3. The van der Waals surface area contributed by atoms with Gasteiger partial charge in [-0.15, -0.1) is 0 Å². The van der Waals surface area contributed by atoms with E-state index in [1.165, 1.54) is 5.56 Å². The molecule has 4 amide bonds. The van der Waals surface area contributed by atoms with E-state index in [4.69, 9.17) is 0 Å². The lowest BCUT2D eigenvalue weighted by Crippen LogP contribution is -2.47. The number of hydrogen-bond donors (Lipinski definition) is 2. The molecule has 2 aliphatic rings. The Kier molecular flexibility index (Phi) is 5.10. The van der Waals surface area contributed by atoms with E-state index in [-0.39, 0.29) is 24.4 Å². The van der Waals surface area contributed by atoms with Gasteiger partial charge in [-0.05, 0) is 67.9 Å². The number of rotatable bonds is 4. The third kappa shape index (κ3) is 3.36. The van der Waals surface area contributed by atoms with Crippen LogP contribution < -0.4 is 10.6 Å². The standard InChI is InChI=1S/C24H27N3O3/c1-15-10-11-19(13-16(15)2)17(3)25-21(28)14-27-22(29)24(26-23(27)30)12-6-8-18-7-4-5-9-20(18)24/h4-5,7,9-11,13,17H,6,8,12,14H2,1-3H3,(H,25,28)(H,26,30)/t17-,24-/m0/s1. The first-order valence-corrected chi connectivity index (χ1v) is 10.4. The van der Waals surface area contributed by atoms with Gasteiger partial charge in [-0.3, -0.25) is 14.5 Å². The van der Waals surface area contributed by atoms with E-state index in [0.717, 1.165) is 40.0 Å². The van der Waals surface area contributed by atoms with Crippen LogP contribution in [0.25, 0.3) is 0 Å². The van der Waals surface area contributed by atoms with Crippen LogP contribution in [-0.4, -0.2) is 29.3 Å². The van der Waals surface area contributed by atoms with Gasteiger partial charge in [-0.25, -0.2) is 4.79 Å². The quantitative estimate of drug-likeness (QED) is 0.767. The molecule has 0 aromatic heterocycles. The van der Waals surface area contributed by atoms with Gasteiger partial charge in [-0.1, -0.05) is 42.5 Å². The molecule has 2 aromatic carbocycles. The van der Waals surface area contributed by atoms with Crippen LogP contribution in [0.1, 0.15) is 53.6 Å². The third-order valence-corrected chi connectivity index (χ3v) is 6.36. The Morgan fingerprint density at radius 3 is 2.70 bits per heavy atom. The Morgan fingerprint density at radius 2 is 1.93 bits per heavy atom. The van der Waals surface area contributed by atoms with E-state index in [2.05, 4.69) is 10.6 Å². The van der Waals surface area contributed by atoms with Gasteiger partial charge >= 0.3 is 6.03 Å². The van der Waals surface area contributed by atoms with Crippen LogP contribution in [-0.2, 0) is 21.5 Å². The van der Waals surface area contributed by atoms with Crippen molar-refractivity contribution in [3.63, 3.8) is 0 Å². The normalized spacial score (nSPS) is 21.4. The van der Waals surface area contributed by atoms with Gasteiger partial charge in [0.2, 0.25) is 5.91 Å². The molecule has 6 heteroatoms. The van der Waals surface area contributed by atoms with Gasteiger partial charge < -0.3 is 10.6 Å². The number of imide groups is 1. The smallest absolute Gasteiger partial charge is 0.325 e. The summed E-state index contributed by atoms with van der Waals surface area (Å²) in [4.78, 5) is 39.7. The van der Waals surface area contributed by atoms with Crippen LogP contribution in [0.5, 0.6) is 0 Å². The fourth-order valence-electron chi connectivity index (χ4n) is 4.50. The largest absolute Gasteiger partial charge is 0.348 e. The van der Waals surface area contributed by atoms with E-state index in [0.29, 0.717) is 6.42 Å². The molecule has 156 valence electrons. The fourth-order valence-corrected chi connectivity index (χ4v) is 4.50. The minimum Gasteiger partial charge on any atom is -0.348 e. The number of carbonyl (C=O) groups is 3. The summed E-state index contributed by atoms with van der Waals surface area (Å²) in [5.74, 6) is -0.695. The van der Waals surface area contributed by atoms with Crippen molar-refractivity contribution in [3.05, 3.63) is 70.3 Å². The van der Waals surface area contributed by atoms with Crippen molar-refractivity contribution in [1.29, 1.82) is 0 Å². The Morgan fingerprint density at radius 1 is 1.17 bits per heavy atom. The summed E-state index contributed by atoms with van der Waals surface area (Å²) < 4.78 is 0. The number of amides is 4. The van der Waals surface area contributed by atoms with Gasteiger partial charge in [0.1, 0.15) is 12.1 Å². The lowest BCUT2D eigenvalue weighted by Gasteiger charge is -2.33. The van der Waals surface area contributed by atoms with Gasteiger partial charge in [0.15, 0.2) is 0 Å². The highest BCUT2D eigenvalue weighted by Crippen LogP contribution is 2.39. The zero-order valence-corrected chi connectivity index (χ0v) is 17.6. The predicted molar refractivity (Wildman–Crippen MR) is 114 cm³/mol. The lowest BCUT2D eigenvalue weighted by molar-refractivity contribution is -0.135. The van der Waals surface area contributed by atoms with E-state index < -0.39 is 11.6 Å². The molecule has 4 rings (SSSR count). The highest BCUT2D eigenvalue weighted by atomic mass is 16.2. The molecule has 1 aliphatic heterocycles. The molecule has 0 saturated carbocycles. The molecule has 0 radical (unpaired) electrons. The number of urea groups is 1. The molecule has 1 saturated heterocycles. The highest BCUT2D eigenvalue weighted by Gasteiger charge is 2.54. The molecule has 2 N–H and O–H groups in total. The predicted octanol–water partition coefficient (Wildman–Crippen LogP) is 3.26. The molecule has 1 spiro atoms. The average Bonchev–Trinajstić information content (AvgIpc) is 2.95. The highest BCUT2D eigenvalue weighted by molar-refractivity contribution is 6.09. The van der Waals surface area contributed by atoms with Crippen LogP contribution in [0.15, 0.2) is 42.5 Å². The minimum absolute atomic E-state index is 0.220. The summed E-state index contributed by atoms with van der Waals surface area (Å²) in [7, 11) is 0. The van der Waals surface area contributed by atoms with Crippen molar-refractivity contribution < 1.29 is 14.4 Å². The van der Waals surface area contributed by atoms with E-state index in [1.807, 2.05) is 63.2 Å². The van der Waals surface area contributed by atoms with Crippen molar-refractivity contribution in [1.82, 2.24) is 15.5 Å². The maximum absolute atomic E-state index is 13.3. The Hall–Kier alpha value is -3.15. The van der Waals surface area contributed by atoms with Crippen LogP contribution in [0, 0.1) is 13.8 Å². The second-order valence-corrected chi connectivity index (χ2v) is 8.37. The Balaban J connectivity index is 1.49. The van der Waals surface area contributed by atoms with Crippen molar-refractivity contribution in [2.24, 2.45) is 0 Å². The number of benzene rings is 2. The van der Waals surface area contributed by atoms with Crippen LogP contribution >= 0.6 is 0 Å². The monoisotopic (exact) mass is 405 g/mol. The molecule has 1 aliphatic carbocycles. The van der Waals surface area contributed by atoms with Crippen LogP contribution in [0.3, 0.4) is 0 Å².